The van der Waals surface area contributed by atoms with Crippen LogP contribution < -0.4 is 5.32 Å². The molecule has 3 rings (SSSR count). The average molecular weight is 280 g/mol. The summed E-state index contributed by atoms with van der Waals surface area (Å²) in [5.74, 6) is 8.09. The predicted octanol–water partition coefficient (Wildman–Crippen LogP) is 2.37. The molecule has 4 heteroatoms. The quantitative estimate of drug-likeness (QED) is 0.753. The Bertz CT molecular complexity index is 683. The van der Waals surface area contributed by atoms with Gasteiger partial charge in [0.25, 0.3) is 0 Å². The molecule has 1 N–H and O–H groups in total. The molecule has 2 aromatic rings. The van der Waals surface area contributed by atoms with Gasteiger partial charge in [0.05, 0.1) is 12.6 Å². The normalized spacial score (nSPS) is 17.8. The largest absolute Gasteiger partial charge is 0.308 e. The van der Waals surface area contributed by atoms with Crippen molar-refractivity contribution in [2.45, 2.75) is 33.4 Å². The van der Waals surface area contributed by atoms with Crippen molar-refractivity contribution in [1.82, 2.24) is 20.1 Å². The fourth-order valence-corrected chi connectivity index (χ4v) is 2.61. The lowest BCUT2D eigenvalue weighted by molar-refractivity contribution is 0.209. The van der Waals surface area contributed by atoms with E-state index in [-0.39, 0.29) is 5.41 Å². The van der Waals surface area contributed by atoms with Crippen LogP contribution >= 0.6 is 0 Å². The molecular formula is C17H20N4. The first-order chi connectivity index (χ1) is 10.1. The maximum absolute atomic E-state index is 4.28. The molecule has 4 nitrogen and oxygen atoms in total. The van der Waals surface area contributed by atoms with Gasteiger partial charge in [-0.15, -0.1) is 10.2 Å². The second kappa shape index (κ2) is 5.34. The van der Waals surface area contributed by atoms with Gasteiger partial charge in [0, 0.05) is 12.1 Å². The second-order valence-corrected chi connectivity index (χ2v) is 6.44. The third kappa shape index (κ3) is 2.84. The Morgan fingerprint density at radius 1 is 1.14 bits per heavy atom. The van der Waals surface area contributed by atoms with Crippen LogP contribution in [0.1, 0.15) is 44.0 Å². The molecule has 1 unspecified atom stereocenters. The van der Waals surface area contributed by atoms with Crippen LogP contribution in [0.2, 0.25) is 0 Å². The SMILES string of the molecule is CC(C)(C)C1CNCc2nnc(C#Cc3ccccc3)n21. The van der Waals surface area contributed by atoms with Crippen LogP contribution in [-0.2, 0) is 6.54 Å². The van der Waals surface area contributed by atoms with E-state index >= 15 is 0 Å². The number of hydrogen-bond acceptors (Lipinski definition) is 3. The van der Waals surface area contributed by atoms with Crippen LogP contribution in [0.5, 0.6) is 0 Å². The number of aromatic nitrogens is 3. The molecule has 0 aliphatic carbocycles. The molecule has 0 fully saturated rings. The summed E-state index contributed by atoms with van der Waals surface area (Å²) in [6.07, 6.45) is 0. The Hall–Kier alpha value is -2.12. The summed E-state index contributed by atoms with van der Waals surface area (Å²) in [6, 6.07) is 10.3. The molecule has 0 saturated heterocycles. The van der Waals surface area contributed by atoms with Crippen LogP contribution in [0.4, 0.5) is 0 Å². The van der Waals surface area contributed by atoms with E-state index in [1.54, 1.807) is 0 Å². The number of fused-ring (bicyclic) bond motifs is 1. The van der Waals surface area contributed by atoms with Crippen LogP contribution in [0.15, 0.2) is 30.3 Å². The minimum absolute atomic E-state index is 0.133. The van der Waals surface area contributed by atoms with E-state index in [4.69, 9.17) is 0 Å². The standard InChI is InChI=1S/C17H20N4/c1-17(2,3)14-11-18-12-16-20-19-15(21(14)16)10-9-13-7-5-4-6-8-13/h4-8,14,18H,11-12H2,1-3H3. The van der Waals surface area contributed by atoms with E-state index in [9.17, 15) is 0 Å². The predicted molar refractivity (Wildman–Crippen MR) is 82.6 cm³/mol. The highest BCUT2D eigenvalue weighted by Gasteiger charge is 2.32. The smallest absolute Gasteiger partial charge is 0.208 e. The molecule has 0 spiro atoms. The summed E-state index contributed by atoms with van der Waals surface area (Å²) in [5.41, 5.74) is 1.13. The highest BCUT2D eigenvalue weighted by Crippen LogP contribution is 2.33. The summed E-state index contributed by atoms with van der Waals surface area (Å²) in [7, 11) is 0. The number of nitrogens with zero attached hydrogens (tertiary/aromatic N) is 3. The van der Waals surface area contributed by atoms with Crippen molar-refractivity contribution in [2.75, 3.05) is 6.54 Å². The van der Waals surface area contributed by atoms with Gasteiger partial charge >= 0.3 is 0 Å². The molecule has 0 amide bonds. The first-order valence-electron chi connectivity index (χ1n) is 7.27. The zero-order valence-corrected chi connectivity index (χ0v) is 12.7. The molecule has 0 bridgehead atoms. The van der Waals surface area contributed by atoms with Crippen LogP contribution in [0.25, 0.3) is 0 Å². The minimum atomic E-state index is 0.133. The van der Waals surface area contributed by atoms with Crippen molar-refractivity contribution in [1.29, 1.82) is 0 Å². The van der Waals surface area contributed by atoms with Crippen molar-refractivity contribution >= 4 is 0 Å². The van der Waals surface area contributed by atoms with E-state index in [1.807, 2.05) is 30.3 Å². The molecular weight excluding hydrogens is 260 g/mol. The third-order valence-corrected chi connectivity index (χ3v) is 3.79. The minimum Gasteiger partial charge on any atom is -0.308 e. The number of rotatable bonds is 0. The fraction of sp³-hybridized carbons (Fsp3) is 0.412. The molecule has 1 atom stereocenters. The monoisotopic (exact) mass is 280 g/mol. The van der Waals surface area contributed by atoms with Crippen LogP contribution in [0, 0.1) is 17.3 Å². The average Bonchev–Trinajstić information content (AvgIpc) is 2.88. The highest BCUT2D eigenvalue weighted by molar-refractivity contribution is 5.38. The van der Waals surface area contributed by atoms with E-state index in [0.29, 0.717) is 6.04 Å². The van der Waals surface area contributed by atoms with Gasteiger partial charge in [-0.2, -0.15) is 0 Å². The summed E-state index contributed by atoms with van der Waals surface area (Å²) >= 11 is 0. The summed E-state index contributed by atoms with van der Waals surface area (Å²) < 4.78 is 2.20. The molecule has 1 aromatic carbocycles. The first kappa shape index (κ1) is 13.8. The Morgan fingerprint density at radius 2 is 1.90 bits per heavy atom. The maximum Gasteiger partial charge on any atom is 0.208 e. The van der Waals surface area contributed by atoms with E-state index < -0.39 is 0 Å². The van der Waals surface area contributed by atoms with Gasteiger partial charge in [0.15, 0.2) is 0 Å². The Labute approximate surface area is 125 Å². The van der Waals surface area contributed by atoms with Gasteiger partial charge in [0.1, 0.15) is 5.82 Å². The first-order valence-corrected chi connectivity index (χ1v) is 7.27. The van der Waals surface area contributed by atoms with Gasteiger partial charge in [-0.1, -0.05) is 44.9 Å². The summed E-state index contributed by atoms with van der Waals surface area (Å²) in [4.78, 5) is 0. The van der Waals surface area contributed by atoms with E-state index in [0.717, 1.165) is 30.3 Å². The Kier molecular flexibility index (Phi) is 3.52. The maximum atomic E-state index is 4.28. The molecule has 21 heavy (non-hydrogen) atoms. The lowest BCUT2D eigenvalue weighted by atomic mass is 9.85. The molecule has 108 valence electrons. The van der Waals surface area contributed by atoms with Crippen molar-refractivity contribution in [3.63, 3.8) is 0 Å². The lowest BCUT2D eigenvalue weighted by Gasteiger charge is -2.36. The second-order valence-electron chi connectivity index (χ2n) is 6.44. The molecule has 1 aliphatic heterocycles. The number of benzene rings is 1. The van der Waals surface area contributed by atoms with E-state index in [2.05, 4.69) is 52.7 Å². The topological polar surface area (TPSA) is 42.7 Å². The van der Waals surface area contributed by atoms with Gasteiger partial charge in [-0.3, -0.25) is 4.57 Å². The molecule has 1 aliphatic rings. The molecule has 1 aromatic heterocycles. The summed E-state index contributed by atoms with van der Waals surface area (Å²) in [6.45, 7) is 8.40. The van der Waals surface area contributed by atoms with Gasteiger partial charge in [0.2, 0.25) is 5.82 Å². The molecule has 0 saturated carbocycles. The zero-order chi connectivity index (χ0) is 14.9. The van der Waals surface area contributed by atoms with Crippen LogP contribution in [0.3, 0.4) is 0 Å². The lowest BCUT2D eigenvalue weighted by Crippen LogP contribution is -2.40. The number of nitrogens with one attached hydrogen (secondary N) is 1. The van der Waals surface area contributed by atoms with Crippen LogP contribution in [-0.4, -0.2) is 21.3 Å². The summed E-state index contributed by atoms with van der Waals surface area (Å²) in [5, 5.41) is 12.0. The van der Waals surface area contributed by atoms with Gasteiger partial charge < -0.3 is 5.32 Å². The fourth-order valence-electron chi connectivity index (χ4n) is 2.61. The highest BCUT2D eigenvalue weighted by atomic mass is 15.3. The van der Waals surface area contributed by atoms with E-state index in [1.165, 1.54) is 0 Å². The zero-order valence-electron chi connectivity index (χ0n) is 12.7. The Balaban J connectivity index is 1.99. The number of hydrogen-bond donors (Lipinski definition) is 1. The van der Waals surface area contributed by atoms with Gasteiger partial charge in [-0.25, -0.2) is 0 Å². The molecule has 0 radical (unpaired) electrons. The molecule has 2 heterocycles. The van der Waals surface area contributed by atoms with Crippen molar-refractivity contribution in [3.8, 4) is 11.8 Å². The van der Waals surface area contributed by atoms with Gasteiger partial charge in [-0.05, 0) is 23.5 Å². The Morgan fingerprint density at radius 3 is 2.62 bits per heavy atom. The van der Waals surface area contributed by atoms with Crippen molar-refractivity contribution in [2.24, 2.45) is 5.41 Å². The van der Waals surface area contributed by atoms with Crippen molar-refractivity contribution in [3.05, 3.63) is 47.5 Å². The van der Waals surface area contributed by atoms with Crippen molar-refractivity contribution < 1.29 is 0 Å². The third-order valence-electron chi connectivity index (χ3n) is 3.79.